The molecule has 0 aliphatic heterocycles. The molecule has 0 aromatic carbocycles. The summed E-state index contributed by atoms with van der Waals surface area (Å²) in [5, 5.41) is 0. The molecule has 0 atom stereocenters. The van der Waals surface area contributed by atoms with Gasteiger partial charge in [-0.15, -0.1) is 0 Å². The van der Waals surface area contributed by atoms with Crippen LogP contribution in [-0.4, -0.2) is 19.9 Å². The van der Waals surface area contributed by atoms with Crippen LogP contribution >= 0.6 is 15.9 Å². The molecule has 2 aromatic heterocycles. The zero-order valence-electron chi connectivity index (χ0n) is 9.84. The lowest BCUT2D eigenvalue weighted by atomic mass is 9.92. The van der Waals surface area contributed by atoms with Crippen LogP contribution in [0.5, 0.6) is 0 Å². The predicted octanol–water partition coefficient (Wildman–Crippen LogP) is 2.22. The van der Waals surface area contributed by atoms with Crippen molar-refractivity contribution in [3.05, 3.63) is 32.9 Å². The highest BCUT2D eigenvalue weighted by Crippen LogP contribution is 2.26. The van der Waals surface area contributed by atoms with E-state index in [9.17, 15) is 4.79 Å². The van der Waals surface area contributed by atoms with Gasteiger partial charge in [-0.05, 0) is 15.9 Å². The molecule has 0 amide bonds. The van der Waals surface area contributed by atoms with E-state index in [4.69, 9.17) is 0 Å². The van der Waals surface area contributed by atoms with Crippen molar-refractivity contribution >= 4 is 15.9 Å². The number of nitrogens with one attached hydrogen (secondary N) is 2. The minimum Gasteiger partial charge on any atom is -0.342 e. The van der Waals surface area contributed by atoms with E-state index in [2.05, 4.69) is 35.9 Å². The van der Waals surface area contributed by atoms with Crippen molar-refractivity contribution < 1.29 is 0 Å². The Morgan fingerprint density at radius 2 is 2.00 bits per heavy atom. The van der Waals surface area contributed by atoms with Gasteiger partial charge in [-0.25, -0.2) is 9.97 Å². The van der Waals surface area contributed by atoms with Gasteiger partial charge in [-0.2, -0.15) is 0 Å². The van der Waals surface area contributed by atoms with Crippen LogP contribution < -0.4 is 5.56 Å². The minimum absolute atomic E-state index is 0.198. The predicted molar refractivity (Wildman–Crippen MR) is 68.8 cm³/mol. The van der Waals surface area contributed by atoms with E-state index in [1.807, 2.05) is 20.8 Å². The van der Waals surface area contributed by atoms with Crippen molar-refractivity contribution in [2.24, 2.45) is 0 Å². The van der Waals surface area contributed by atoms with Gasteiger partial charge in [0.1, 0.15) is 4.47 Å². The molecule has 2 aromatic rings. The zero-order valence-corrected chi connectivity index (χ0v) is 11.4. The van der Waals surface area contributed by atoms with Crippen LogP contribution in [-0.2, 0) is 5.41 Å². The van der Waals surface area contributed by atoms with E-state index in [1.165, 1.54) is 0 Å². The van der Waals surface area contributed by atoms with Crippen LogP contribution in [0.2, 0.25) is 0 Å². The summed E-state index contributed by atoms with van der Waals surface area (Å²) in [5.74, 6) is 1.01. The summed E-state index contributed by atoms with van der Waals surface area (Å²) in [5.41, 5.74) is 0.304. The Bertz CT molecular complexity index is 581. The van der Waals surface area contributed by atoms with Gasteiger partial charge in [0.2, 0.25) is 0 Å². The molecule has 0 unspecified atom stereocenters. The lowest BCUT2D eigenvalue weighted by Crippen LogP contribution is -2.22. The van der Waals surface area contributed by atoms with E-state index in [1.54, 1.807) is 12.4 Å². The fraction of sp³-hybridized carbons (Fsp3) is 0.364. The van der Waals surface area contributed by atoms with Crippen LogP contribution in [0.3, 0.4) is 0 Å². The fourth-order valence-corrected chi connectivity index (χ4v) is 2.25. The Hall–Kier alpha value is -1.43. The van der Waals surface area contributed by atoms with E-state index in [-0.39, 0.29) is 11.0 Å². The highest BCUT2D eigenvalue weighted by molar-refractivity contribution is 9.10. The Labute approximate surface area is 107 Å². The Kier molecular flexibility index (Phi) is 2.91. The molecule has 0 bridgehead atoms. The van der Waals surface area contributed by atoms with Crippen molar-refractivity contribution in [2.45, 2.75) is 26.2 Å². The van der Waals surface area contributed by atoms with Crippen LogP contribution in [0.25, 0.3) is 11.6 Å². The largest absolute Gasteiger partial charge is 0.342 e. The van der Waals surface area contributed by atoms with Crippen molar-refractivity contribution in [3.63, 3.8) is 0 Å². The van der Waals surface area contributed by atoms with Crippen LogP contribution in [0.15, 0.2) is 21.7 Å². The second kappa shape index (κ2) is 4.10. The molecule has 2 rings (SSSR count). The number of aromatic amines is 2. The molecule has 90 valence electrons. The van der Waals surface area contributed by atoms with Gasteiger partial charge in [0.15, 0.2) is 11.6 Å². The maximum atomic E-state index is 11.8. The summed E-state index contributed by atoms with van der Waals surface area (Å²) in [6.07, 6.45) is 3.31. The number of halogens is 1. The third-order valence-electron chi connectivity index (χ3n) is 2.30. The normalized spacial score (nSPS) is 11.8. The quantitative estimate of drug-likeness (QED) is 0.847. The summed E-state index contributed by atoms with van der Waals surface area (Å²) in [7, 11) is 0. The average molecular weight is 297 g/mol. The molecule has 0 radical (unpaired) electrons. The summed E-state index contributed by atoms with van der Waals surface area (Å²) in [6.45, 7) is 6.02. The zero-order chi connectivity index (χ0) is 12.6. The molecule has 17 heavy (non-hydrogen) atoms. The van der Waals surface area contributed by atoms with E-state index in [0.717, 1.165) is 0 Å². The smallest absolute Gasteiger partial charge is 0.265 e. The molecule has 2 heterocycles. The molecular weight excluding hydrogens is 284 g/mol. The standard InChI is InChI=1S/C11H13BrN4O/c1-11(2,3)7-6(12)10(17)16-9(15-7)8-13-4-5-14-8/h4-5H,1-3H3,(H,13,14)(H,15,16,17). The third kappa shape index (κ3) is 2.31. The maximum absolute atomic E-state index is 11.8. The Balaban J connectivity index is 2.67. The van der Waals surface area contributed by atoms with Crippen LogP contribution in [0, 0.1) is 0 Å². The van der Waals surface area contributed by atoms with E-state index >= 15 is 0 Å². The second-order valence-electron chi connectivity index (χ2n) is 4.76. The SMILES string of the molecule is CC(C)(C)c1nc(-c2ncc[nH]2)[nH]c(=O)c1Br. The monoisotopic (exact) mass is 296 g/mol. The number of hydrogen-bond donors (Lipinski definition) is 2. The lowest BCUT2D eigenvalue weighted by Gasteiger charge is -2.19. The first-order valence-electron chi connectivity index (χ1n) is 5.19. The van der Waals surface area contributed by atoms with E-state index in [0.29, 0.717) is 21.8 Å². The topological polar surface area (TPSA) is 74.4 Å². The van der Waals surface area contributed by atoms with Crippen molar-refractivity contribution in [3.8, 4) is 11.6 Å². The Morgan fingerprint density at radius 1 is 1.29 bits per heavy atom. The third-order valence-corrected chi connectivity index (χ3v) is 3.03. The van der Waals surface area contributed by atoms with Gasteiger partial charge in [-0.3, -0.25) is 4.79 Å². The van der Waals surface area contributed by atoms with Gasteiger partial charge in [0.25, 0.3) is 5.56 Å². The first-order chi connectivity index (χ1) is 7.89. The first kappa shape index (κ1) is 12.0. The number of aromatic nitrogens is 4. The molecule has 0 aliphatic rings. The lowest BCUT2D eigenvalue weighted by molar-refractivity contribution is 0.562. The van der Waals surface area contributed by atoms with Gasteiger partial charge < -0.3 is 9.97 Å². The summed E-state index contributed by atoms with van der Waals surface area (Å²) < 4.78 is 0.473. The number of hydrogen-bond acceptors (Lipinski definition) is 3. The highest BCUT2D eigenvalue weighted by atomic mass is 79.9. The molecule has 0 aliphatic carbocycles. The van der Waals surface area contributed by atoms with Crippen LogP contribution in [0.1, 0.15) is 26.5 Å². The number of nitrogens with zero attached hydrogens (tertiary/aromatic N) is 2. The van der Waals surface area contributed by atoms with Gasteiger partial charge >= 0.3 is 0 Å². The molecule has 0 saturated carbocycles. The van der Waals surface area contributed by atoms with Gasteiger partial charge in [0, 0.05) is 17.8 Å². The summed E-state index contributed by atoms with van der Waals surface area (Å²) in [4.78, 5) is 25.9. The molecule has 0 saturated heterocycles. The molecular formula is C11H13BrN4O. The molecule has 5 nitrogen and oxygen atoms in total. The highest BCUT2D eigenvalue weighted by Gasteiger charge is 2.22. The number of rotatable bonds is 1. The van der Waals surface area contributed by atoms with Gasteiger partial charge in [-0.1, -0.05) is 20.8 Å². The first-order valence-corrected chi connectivity index (χ1v) is 5.99. The van der Waals surface area contributed by atoms with Crippen LogP contribution in [0.4, 0.5) is 0 Å². The maximum Gasteiger partial charge on any atom is 0.265 e. The van der Waals surface area contributed by atoms with E-state index < -0.39 is 0 Å². The number of imidazole rings is 1. The van der Waals surface area contributed by atoms with Gasteiger partial charge in [0.05, 0.1) is 5.69 Å². The summed E-state index contributed by atoms with van der Waals surface area (Å²) >= 11 is 3.28. The average Bonchev–Trinajstić information content (AvgIpc) is 2.73. The van der Waals surface area contributed by atoms with Crippen molar-refractivity contribution in [1.82, 2.24) is 19.9 Å². The minimum atomic E-state index is -0.214. The Morgan fingerprint density at radius 3 is 2.53 bits per heavy atom. The number of H-pyrrole nitrogens is 2. The second-order valence-corrected chi connectivity index (χ2v) is 5.56. The summed E-state index contributed by atoms with van der Waals surface area (Å²) in [6, 6.07) is 0. The fourth-order valence-electron chi connectivity index (χ4n) is 1.46. The van der Waals surface area contributed by atoms with Crippen molar-refractivity contribution in [1.29, 1.82) is 0 Å². The molecule has 6 heteroatoms. The molecule has 2 N–H and O–H groups in total. The van der Waals surface area contributed by atoms with Crippen molar-refractivity contribution in [2.75, 3.05) is 0 Å². The molecule has 0 spiro atoms. The molecule has 0 fully saturated rings.